The zero-order valence-electron chi connectivity index (χ0n) is 13.8. The normalized spacial score (nSPS) is 19.2. The summed E-state index contributed by atoms with van der Waals surface area (Å²) in [6, 6.07) is 6.00. The topological polar surface area (TPSA) is 96.9 Å². The summed E-state index contributed by atoms with van der Waals surface area (Å²) in [7, 11) is -2.93. The van der Waals surface area contributed by atoms with Crippen molar-refractivity contribution in [2.24, 2.45) is 0 Å². The predicted molar refractivity (Wildman–Crippen MR) is 94.3 cm³/mol. The van der Waals surface area contributed by atoms with Gasteiger partial charge in [-0.2, -0.15) is 10.1 Å². The molecule has 7 nitrogen and oxygen atoms in total. The third kappa shape index (κ3) is 3.81. The maximum atomic E-state index is 11.5. The number of aromatic nitrogens is 3. The number of benzene rings is 1. The van der Waals surface area contributed by atoms with Crippen molar-refractivity contribution >= 4 is 27.3 Å². The van der Waals surface area contributed by atoms with Crippen molar-refractivity contribution in [3.05, 3.63) is 35.5 Å². The Bertz CT molecular complexity index is 838. The maximum absolute atomic E-state index is 11.5. The Morgan fingerprint density at radius 2 is 2.17 bits per heavy atom. The van der Waals surface area contributed by atoms with Gasteiger partial charge in [-0.05, 0) is 30.9 Å². The van der Waals surface area contributed by atoms with Crippen LogP contribution in [0.2, 0.25) is 0 Å². The van der Waals surface area contributed by atoms with E-state index >= 15 is 0 Å². The second-order valence-corrected chi connectivity index (χ2v) is 8.23. The Morgan fingerprint density at radius 3 is 2.88 bits per heavy atom. The first-order valence-electron chi connectivity index (χ1n) is 7.99. The van der Waals surface area contributed by atoms with E-state index in [1.807, 2.05) is 19.1 Å². The molecule has 0 spiro atoms. The number of nitrogens with one attached hydrogen (secondary N) is 2. The van der Waals surface area contributed by atoms with Gasteiger partial charge in [-0.25, -0.2) is 8.42 Å². The molecule has 0 saturated carbocycles. The lowest BCUT2D eigenvalue weighted by Crippen LogP contribution is -2.21. The molecular weight excluding hydrogens is 326 g/mol. The number of sulfone groups is 1. The van der Waals surface area contributed by atoms with Gasteiger partial charge in [0.1, 0.15) is 0 Å². The summed E-state index contributed by atoms with van der Waals surface area (Å²) in [6.45, 7) is 4.12. The number of nitrogens with zero attached hydrogens (tertiary/aromatic N) is 3. The van der Waals surface area contributed by atoms with E-state index in [0.29, 0.717) is 18.2 Å². The van der Waals surface area contributed by atoms with Crippen molar-refractivity contribution in [2.75, 3.05) is 22.1 Å². The average Bonchev–Trinajstić information content (AvgIpc) is 2.88. The molecule has 1 unspecified atom stereocenters. The molecule has 24 heavy (non-hydrogen) atoms. The Hall–Kier alpha value is -2.22. The molecule has 1 saturated heterocycles. The summed E-state index contributed by atoms with van der Waals surface area (Å²) in [6.07, 6.45) is 3.00. The van der Waals surface area contributed by atoms with E-state index < -0.39 is 9.84 Å². The van der Waals surface area contributed by atoms with Gasteiger partial charge in [0.05, 0.1) is 17.7 Å². The van der Waals surface area contributed by atoms with Gasteiger partial charge < -0.3 is 10.6 Å². The smallest absolute Gasteiger partial charge is 0.249 e. The first kappa shape index (κ1) is 16.6. The molecule has 1 aromatic heterocycles. The van der Waals surface area contributed by atoms with Crippen LogP contribution in [0.1, 0.15) is 24.5 Å². The molecule has 1 aliphatic rings. The number of hydrogen-bond acceptors (Lipinski definition) is 7. The van der Waals surface area contributed by atoms with Crippen LogP contribution < -0.4 is 10.6 Å². The predicted octanol–water partition coefficient (Wildman–Crippen LogP) is 2.09. The fourth-order valence-electron chi connectivity index (χ4n) is 2.86. The first-order valence-corrected chi connectivity index (χ1v) is 9.81. The van der Waals surface area contributed by atoms with Crippen LogP contribution in [0.4, 0.5) is 17.5 Å². The molecule has 3 rings (SSSR count). The molecule has 0 radical (unpaired) electrons. The van der Waals surface area contributed by atoms with E-state index in [-0.39, 0.29) is 17.5 Å². The minimum Gasteiger partial charge on any atom is -0.365 e. The molecule has 0 bridgehead atoms. The zero-order valence-corrected chi connectivity index (χ0v) is 14.6. The van der Waals surface area contributed by atoms with Crippen LogP contribution in [0.5, 0.6) is 0 Å². The van der Waals surface area contributed by atoms with E-state index in [4.69, 9.17) is 0 Å². The molecule has 2 N–H and O–H groups in total. The van der Waals surface area contributed by atoms with E-state index in [2.05, 4.69) is 38.8 Å². The standard InChI is InChI=1S/C16H21N5O2S/c1-3-12-6-4-5-11(2)15(12)20-16-19-14(9-17-21-16)18-13-7-8-24(22,23)10-13/h4-6,9,13H,3,7-8,10H2,1-2H3,(H2,18,19,20,21). The highest BCUT2D eigenvalue weighted by atomic mass is 32.2. The molecule has 1 aliphatic heterocycles. The van der Waals surface area contributed by atoms with Gasteiger partial charge in [0, 0.05) is 11.7 Å². The third-order valence-electron chi connectivity index (χ3n) is 4.12. The second-order valence-electron chi connectivity index (χ2n) is 6.00. The Kier molecular flexibility index (Phi) is 4.66. The monoisotopic (exact) mass is 347 g/mol. The maximum Gasteiger partial charge on any atom is 0.249 e. The SMILES string of the molecule is CCc1cccc(C)c1Nc1nncc(NC2CCS(=O)(=O)C2)n1. The quantitative estimate of drug-likeness (QED) is 0.854. The van der Waals surface area contributed by atoms with Crippen LogP contribution in [-0.4, -0.2) is 41.1 Å². The second kappa shape index (κ2) is 6.72. The average molecular weight is 347 g/mol. The minimum atomic E-state index is -2.93. The Balaban J connectivity index is 1.77. The summed E-state index contributed by atoms with van der Waals surface area (Å²) in [5.74, 6) is 1.28. The Labute approximate surface area is 141 Å². The van der Waals surface area contributed by atoms with Gasteiger partial charge in [-0.3, -0.25) is 0 Å². The molecule has 1 aromatic carbocycles. The summed E-state index contributed by atoms with van der Waals surface area (Å²) >= 11 is 0. The summed E-state index contributed by atoms with van der Waals surface area (Å²) in [5, 5.41) is 14.3. The van der Waals surface area contributed by atoms with Crippen LogP contribution in [0, 0.1) is 6.92 Å². The fraction of sp³-hybridized carbons (Fsp3) is 0.438. The summed E-state index contributed by atoms with van der Waals surface area (Å²) in [5.41, 5.74) is 3.28. The first-order chi connectivity index (χ1) is 11.5. The Morgan fingerprint density at radius 1 is 1.33 bits per heavy atom. The highest BCUT2D eigenvalue weighted by Gasteiger charge is 2.28. The fourth-order valence-corrected chi connectivity index (χ4v) is 4.53. The van der Waals surface area contributed by atoms with Crippen molar-refractivity contribution in [1.29, 1.82) is 0 Å². The lowest BCUT2D eigenvalue weighted by Gasteiger charge is -2.14. The summed E-state index contributed by atoms with van der Waals surface area (Å²) in [4.78, 5) is 4.41. The number of rotatable bonds is 5. The highest BCUT2D eigenvalue weighted by molar-refractivity contribution is 7.91. The molecule has 0 aliphatic carbocycles. The lowest BCUT2D eigenvalue weighted by molar-refractivity contribution is 0.602. The van der Waals surface area contributed by atoms with Gasteiger partial charge in [-0.15, -0.1) is 5.10 Å². The van der Waals surface area contributed by atoms with Gasteiger partial charge >= 0.3 is 0 Å². The van der Waals surface area contributed by atoms with E-state index in [0.717, 1.165) is 17.7 Å². The van der Waals surface area contributed by atoms with Crippen LogP contribution in [0.3, 0.4) is 0 Å². The van der Waals surface area contributed by atoms with Crippen molar-refractivity contribution in [1.82, 2.24) is 15.2 Å². The van der Waals surface area contributed by atoms with Gasteiger partial charge in [0.2, 0.25) is 5.95 Å². The van der Waals surface area contributed by atoms with E-state index in [1.165, 1.54) is 11.8 Å². The van der Waals surface area contributed by atoms with Gasteiger partial charge in [0.15, 0.2) is 15.7 Å². The molecule has 128 valence electrons. The third-order valence-corrected chi connectivity index (χ3v) is 5.89. The van der Waals surface area contributed by atoms with Crippen molar-refractivity contribution in [3.63, 3.8) is 0 Å². The summed E-state index contributed by atoms with van der Waals surface area (Å²) < 4.78 is 23.1. The molecule has 0 amide bonds. The largest absolute Gasteiger partial charge is 0.365 e. The molecule has 2 heterocycles. The molecule has 8 heteroatoms. The van der Waals surface area contributed by atoms with Gasteiger partial charge in [0.25, 0.3) is 0 Å². The van der Waals surface area contributed by atoms with Crippen molar-refractivity contribution in [2.45, 2.75) is 32.7 Å². The molecule has 1 atom stereocenters. The molecule has 1 fully saturated rings. The van der Waals surface area contributed by atoms with E-state index in [9.17, 15) is 8.42 Å². The van der Waals surface area contributed by atoms with Crippen LogP contribution in [-0.2, 0) is 16.3 Å². The molecule has 2 aromatic rings. The zero-order chi connectivity index (χ0) is 17.2. The van der Waals surface area contributed by atoms with Crippen LogP contribution >= 0.6 is 0 Å². The number of hydrogen-bond donors (Lipinski definition) is 2. The number of anilines is 3. The van der Waals surface area contributed by atoms with Crippen LogP contribution in [0.15, 0.2) is 24.4 Å². The highest BCUT2D eigenvalue weighted by Crippen LogP contribution is 2.24. The molecular formula is C16H21N5O2S. The van der Waals surface area contributed by atoms with Gasteiger partial charge in [-0.1, -0.05) is 25.1 Å². The van der Waals surface area contributed by atoms with Crippen LogP contribution in [0.25, 0.3) is 0 Å². The van der Waals surface area contributed by atoms with Crippen molar-refractivity contribution < 1.29 is 8.42 Å². The number of aryl methyl sites for hydroxylation is 2. The van der Waals surface area contributed by atoms with E-state index in [1.54, 1.807) is 0 Å². The van der Waals surface area contributed by atoms with Crippen molar-refractivity contribution in [3.8, 4) is 0 Å². The minimum absolute atomic E-state index is 0.121. The lowest BCUT2D eigenvalue weighted by atomic mass is 10.1. The number of para-hydroxylation sites is 1.